The van der Waals surface area contributed by atoms with Gasteiger partial charge >= 0.3 is 18.1 Å². The number of alkyl halides is 3. The van der Waals surface area contributed by atoms with Crippen molar-refractivity contribution < 1.29 is 91.4 Å². The van der Waals surface area contributed by atoms with Gasteiger partial charge in [-0.3, -0.25) is 43.2 Å². The molecule has 0 saturated carbocycles. The fourth-order valence-corrected chi connectivity index (χ4v) is 10.7. The van der Waals surface area contributed by atoms with Gasteiger partial charge in [-0.15, -0.1) is 0 Å². The van der Waals surface area contributed by atoms with Gasteiger partial charge in [-0.1, -0.05) is 84.0 Å². The van der Waals surface area contributed by atoms with Crippen molar-refractivity contribution in [1.29, 1.82) is 0 Å². The summed E-state index contributed by atoms with van der Waals surface area (Å²) < 4.78 is 31.7. The first kappa shape index (κ1) is 72.2. The van der Waals surface area contributed by atoms with Crippen molar-refractivity contribution >= 4 is 97.6 Å². The lowest BCUT2D eigenvalue weighted by atomic mass is 10.0. The molecule has 1 aliphatic rings. The minimum Gasteiger partial charge on any atom is -0.480 e. The van der Waals surface area contributed by atoms with Crippen molar-refractivity contribution in [3.8, 4) is 0 Å². The standard InChI is InChI=1S/C52H71N13O14S2.C2HF3O2/c1-25(2)15-35-46(72)62-39(52(78)79)23-81-80-22-33(53)44(70)63-43(28(5)68)51(77)65-42(27(4)67)50(76)61-38(18-31-20-54-24-57-31)47(73)59-37(17-30-19-55-34-14-10-9-13-32(30)34)45(71)56-21-40(69)58-36(16-29-11-7-6-8-12-29)48(74)64-41(26(3)66)49(75)60-35;3-2(4,5)1(6)7/h6-14,19-20,24-28,33,35-39,41-43,55,66-68H,15-18,21-23,53H2,1-5H3,(H,54,57)(H,56,71)(H,58,69)(H,59,73)(H,60,75)(H,61,76)(H,62,72)(H,63,70)(H,64,74)(H,65,77)(H,78,79);(H,6,7)/t26-,27?,28-,33+,35?,36+,37+,38?,39+,41+,42+,43+;/m1./s1. The third kappa shape index (κ3) is 23.1. The molecule has 29 nitrogen and oxygen atoms in total. The lowest BCUT2D eigenvalue weighted by Crippen LogP contribution is -2.63. The van der Waals surface area contributed by atoms with Crippen molar-refractivity contribution in [1.82, 2.24) is 62.8 Å². The van der Waals surface area contributed by atoms with Crippen LogP contribution in [0.15, 0.2) is 73.3 Å². The number of nitrogens with two attached hydrogens (primary N) is 1. The van der Waals surface area contributed by atoms with Gasteiger partial charge in [0, 0.05) is 59.8 Å². The van der Waals surface area contributed by atoms with Crippen LogP contribution in [-0.2, 0) is 72.0 Å². The number of para-hydroxylation sites is 1. The van der Waals surface area contributed by atoms with Crippen molar-refractivity contribution in [3.63, 3.8) is 0 Å². The predicted octanol–water partition coefficient (Wildman–Crippen LogP) is -2.46. The fraction of sp³-hybridized carbons (Fsp3) is 0.481. The minimum absolute atomic E-state index is 0.0227. The summed E-state index contributed by atoms with van der Waals surface area (Å²) in [5, 5.41) is 72.5. The van der Waals surface area contributed by atoms with Crippen molar-refractivity contribution in [2.24, 2.45) is 11.7 Å². The van der Waals surface area contributed by atoms with Crippen molar-refractivity contribution in [2.45, 2.75) is 139 Å². The number of aliphatic hydroxyl groups excluding tert-OH is 3. The third-order valence-electron chi connectivity index (χ3n) is 13.0. The van der Waals surface area contributed by atoms with E-state index in [1.165, 1.54) is 19.4 Å². The van der Waals surface area contributed by atoms with E-state index in [-0.39, 0.29) is 43.1 Å². The monoisotopic (exact) mass is 1280 g/mol. The Hall–Kier alpha value is -8.31. The largest absolute Gasteiger partial charge is 0.490 e. The summed E-state index contributed by atoms with van der Waals surface area (Å²) in [6, 6.07) is 1.42. The Morgan fingerprint density at radius 3 is 1.65 bits per heavy atom. The number of nitrogens with one attached hydrogen (secondary N) is 11. The van der Waals surface area contributed by atoms with E-state index in [1.54, 1.807) is 74.6 Å². The maximum Gasteiger partial charge on any atom is 0.490 e. The summed E-state index contributed by atoms with van der Waals surface area (Å²) in [5.41, 5.74) is 8.27. The Kier molecular flexibility index (Phi) is 28.1. The van der Waals surface area contributed by atoms with E-state index >= 15 is 0 Å². The fourth-order valence-electron chi connectivity index (χ4n) is 8.38. The molecule has 18 N–H and O–H groups in total. The maximum absolute atomic E-state index is 14.5. The van der Waals surface area contributed by atoms with Crippen LogP contribution in [0.2, 0.25) is 0 Å². The lowest BCUT2D eigenvalue weighted by Gasteiger charge is -2.28. The molecule has 3 heterocycles. The van der Waals surface area contributed by atoms with Crippen LogP contribution >= 0.6 is 21.6 Å². The quantitative estimate of drug-likeness (QED) is 0.0654. The molecule has 0 bridgehead atoms. The van der Waals surface area contributed by atoms with E-state index in [0.29, 0.717) is 27.7 Å². The molecule has 12 atom stereocenters. The molecule has 88 heavy (non-hydrogen) atoms. The summed E-state index contributed by atoms with van der Waals surface area (Å²) >= 11 is 0. The number of halogens is 3. The number of hydrogen-bond donors (Lipinski definition) is 17. The van der Waals surface area contributed by atoms with E-state index in [4.69, 9.17) is 15.6 Å². The molecule has 0 spiro atoms. The van der Waals surface area contributed by atoms with E-state index in [2.05, 4.69) is 62.8 Å². The predicted molar refractivity (Wildman–Crippen MR) is 312 cm³/mol. The second-order valence-corrected chi connectivity index (χ2v) is 23.3. The topological polar surface area (TPSA) is 468 Å². The van der Waals surface area contributed by atoms with E-state index in [0.717, 1.165) is 35.4 Å². The normalized spacial score (nSPS) is 24.5. The van der Waals surface area contributed by atoms with Crippen molar-refractivity contribution in [2.75, 3.05) is 18.1 Å². The van der Waals surface area contributed by atoms with Crippen LogP contribution in [0.4, 0.5) is 13.2 Å². The second-order valence-electron chi connectivity index (χ2n) is 20.7. The smallest absolute Gasteiger partial charge is 0.480 e. The SMILES string of the molecule is CC(C)CC1NC(=O)[C@H]([C@@H](C)O)NC(=O)[C@H](Cc2ccccc2)NC(=O)CNC(=O)[C@H](Cc2c[nH]c3ccccc23)NC(=O)C(Cc2cnc[nH]2)NC(=O)[C@H](C(C)O)NC(=O)[C@H]([C@@H](C)O)NC(=O)[C@@H](N)CSSC[C@@H](C(=O)O)NC1=O.O=C(O)C(F)(F)F. The van der Waals surface area contributed by atoms with Crippen LogP contribution in [0.3, 0.4) is 0 Å². The van der Waals surface area contributed by atoms with E-state index in [1.807, 2.05) is 0 Å². The zero-order chi connectivity index (χ0) is 65.6. The number of hydrogen-bond acceptors (Lipinski definition) is 18. The molecule has 1 fully saturated rings. The van der Waals surface area contributed by atoms with Crippen molar-refractivity contribution in [3.05, 3.63) is 90.1 Å². The molecule has 2 aromatic heterocycles. The molecule has 4 aromatic rings. The number of aliphatic carboxylic acids is 2. The van der Waals surface area contributed by atoms with Gasteiger partial charge in [0.2, 0.25) is 53.2 Å². The number of H-pyrrole nitrogens is 2. The summed E-state index contributed by atoms with van der Waals surface area (Å²) in [5.74, 6) is -13.8. The molecule has 2 aromatic carbocycles. The Morgan fingerprint density at radius 2 is 1.09 bits per heavy atom. The molecule has 0 aliphatic carbocycles. The van der Waals surface area contributed by atoms with Crippen LogP contribution < -0.4 is 53.6 Å². The van der Waals surface area contributed by atoms with Crippen LogP contribution in [0.1, 0.15) is 57.9 Å². The number of fused-ring (bicyclic) bond motifs is 1. The van der Waals surface area contributed by atoms with Crippen LogP contribution in [-0.4, -0.2) is 203 Å². The van der Waals surface area contributed by atoms with Gasteiger partial charge in [-0.2, -0.15) is 13.2 Å². The number of aliphatic hydroxyl groups is 3. The summed E-state index contributed by atoms with van der Waals surface area (Å²) in [6.45, 7) is 6.22. The van der Waals surface area contributed by atoms with Crippen LogP contribution in [0, 0.1) is 5.92 Å². The number of aromatic nitrogens is 3. The van der Waals surface area contributed by atoms with Gasteiger partial charge in [-0.05, 0) is 50.3 Å². The highest BCUT2D eigenvalue weighted by Gasteiger charge is 2.39. The molecule has 34 heteroatoms. The van der Waals surface area contributed by atoms with E-state index < -0.39 is 151 Å². The lowest BCUT2D eigenvalue weighted by molar-refractivity contribution is -0.192. The number of carbonyl (C=O) groups excluding carboxylic acids is 9. The highest BCUT2D eigenvalue weighted by Crippen LogP contribution is 2.24. The Labute approximate surface area is 509 Å². The molecule has 0 radical (unpaired) electrons. The zero-order valence-electron chi connectivity index (χ0n) is 48.1. The van der Waals surface area contributed by atoms with Crippen LogP contribution in [0.5, 0.6) is 0 Å². The second kappa shape index (κ2) is 34.3. The number of aromatic amines is 2. The van der Waals surface area contributed by atoms with Gasteiger partial charge < -0.3 is 89.1 Å². The molecule has 482 valence electrons. The minimum atomic E-state index is -5.08. The Morgan fingerprint density at radius 1 is 0.602 bits per heavy atom. The molecule has 1 aliphatic heterocycles. The number of amides is 9. The third-order valence-corrected chi connectivity index (χ3v) is 15.4. The Balaban J connectivity index is 0.00000222. The number of carboxylic acids is 2. The average Bonchev–Trinajstić information content (AvgIpc) is 4.35. The number of benzene rings is 2. The zero-order valence-corrected chi connectivity index (χ0v) is 49.7. The maximum atomic E-state index is 14.5. The van der Waals surface area contributed by atoms with Gasteiger partial charge in [0.1, 0.15) is 48.3 Å². The van der Waals surface area contributed by atoms with Gasteiger partial charge in [0.15, 0.2) is 0 Å². The number of nitrogens with zero attached hydrogens (tertiary/aromatic N) is 1. The number of carboxylic acid groups (broad SMARTS) is 2. The summed E-state index contributed by atoms with van der Waals surface area (Å²) in [7, 11) is 1.84. The first-order valence-corrected chi connectivity index (χ1v) is 29.7. The summed E-state index contributed by atoms with van der Waals surface area (Å²) in [4.78, 5) is 157. The number of carbonyl (C=O) groups is 11. The first-order chi connectivity index (χ1) is 41.4. The van der Waals surface area contributed by atoms with Gasteiger partial charge in [-0.25, -0.2) is 14.6 Å². The molecule has 3 unspecified atom stereocenters. The number of rotatable bonds is 12. The average molecular weight is 1280 g/mol. The highest BCUT2D eigenvalue weighted by molar-refractivity contribution is 8.76. The highest BCUT2D eigenvalue weighted by atomic mass is 33.1. The Bertz CT molecular complexity index is 3050. The van der Waals surface area contributed by atoms with Gasteiger partial charge in [0.25, 0.3) is 0 Å². The van der Waals surface area contributed by atoms with Gasteiger partial charge in [0.05, 0.1) is 37.2 Å². The summed E-state index contributed by atoms with van der Waals surface area (Å²) in [6.07, 6.45) is -6.28. The van der Waals surface area contributed by atoms with E-state index in [9.17, 15) is 81.5 Å². The number of imidazole rings is 1. The molecular weight excluding hydrogens is 1210 g/mol. The molecule has 1 saturated heterocycles. The van der Waals surface area contributed by atoms with Crippen LogP contribution in [0.25, 0.3) is 10.9 Å². The molecule has 9 amide bonds. The molecule has 5 rings (SSSR count). The first-order valence-electron chi connectivity index (χ1n) is 27.2. The molecular formula is C54H72F3N13O16S2.